The third-order valence-electron chi connectivity index (χ3n) is 5.62. The molecule has 36 heavy (non-hydrogen) atoms. The van der Waals surface area contributed by atoms with Gasteiger partial charge in [-0.3, -0.25) is 14.4 Å². The van der Waals surface area contributed by atoms with Gasteiger partial charge in [0.2, 0.25) is 0 Å². The zero-order valence-corrected chi connectivity index (χ0v) is 20.1. The van der Waals surface area contributed by atoms with Crippen LogP contribution in [0.4, 0.5) is 5.69 Å². The largest absolute Gasteiger partial charge is 0.490 e. The summed E-state index contributed by atoms with van der Waals surface area (Å²) in [6.07, 6.45) is -1.13. The second kappa shape index (κ2) is 10.4. The van der Waals surface area contributed by atoms with Gasteiger partial charge in [0.25, 0.3) is 5.91 Å². The molecule has 0 saturated carbocycles. The van der Waals surface area contributed by atoms with E-state index in [0.717, 1.165) is 0 Å². The number of ketones is 2. The first-order valence-electron chi connectivity index (χ1n) is 11.6. The lowest BCUT2D eigenvalue weighted by atomic mass is 9.84. The maximum Gasteiger partial charge on any atom is 0.339 e. The molecule has 0 bridgehead atoms. The molecule has 0 aromatic heterocycles. The third kappa shape index (κ3) is 4.84. The lowest BCUT2D eigenvalue weighted by molar-refractivity contribution is -0.123. The number of anilines is 1. The van der Waals surface area contributed by atoms with Crippen LogP contribution in [-0.4, -0.2) is 42.8 Å². The molecule has 0 heterocycles. The molecule has 8 nitrogen and oxygen atoms in total. The number of rotatable bonds is 8. The first-order valence-corrected chi connectivity index (χ1v) is 11.6. The predicted octanol–water partition coefficient (Wildman–Crippen LogP) is 4.44. The lowest BCUT2D eigenvalue weighted by Gasteiger charge is -2.19. The van der Waals surface area contributed by atoms with E-state index in [4.69, 9.17) is 14.2 Å². The van der Waals surface area contributed by atoms with Crippen LogP contribution in [0.2, 0.25) is 0 Å². The maximum atomic E-state index is 12.9. The topological polar surface area (TPSA) is 108 Å². The van der Waals surface area contributed by atoms with E-state index in [9.17, 15) is 19.2 Å². The van der Waals surface area contributed by atoms with Crippen molar-refractivity contribution >= 4 is 29.1 Å². The monoisotopic (exact) mass is 487 g/mol. The Bertz CT molecular complexity index is 1360. The highest BCUT2D eigenvalue weighted by atomic mass is 16.5. The van der Waals surface area contributed by atoms with E-state index in [-0.39, 0.29) is 28.3 Å². The van der Waals surface area contributed by atoms with Crippen LogP contribution in [0.15, 0.2) is 60.7 Å². The minimum atomic E-state index is -1.13. The zero-order chi connectivity index (χ0) is 25.8. The van der Waals surface area contributed by atoms with Gasteiger partial charge in [0.05, 0.1) is 18.8 Å². The Morgan fingerprint density at radius 1 is 0.778 bits per heavy atom. The molecule has 1 N–H and O–H groups in total. The lowest BCUT2D eigenvalue weighted by Crippen LogP contribution is -2.30. The van der Waals surface area contributed by atoms with Crippen molar-refractivity contribution < 1.29 is 33.4 Å². The van der Waals surface area contributed by atoms with Crippen molar-refractivity contribution in [3.8, 4) is 11.5 Å². The third-order valence-corrected chi connectivity index (χ3v) is 5.62. The molecule has 0 saturated heterocycles. The van der Waals surface area contributed by atoms with E-state index in [2.05, 4.69) is 5.32 Å². The molecule has 0 aliphatic heterocycles. The van der Waals surface area contributed by atoms with Gasteiger partial charge in [-0.25, -0.2) is 4.79 Å². The number of esters is 1. The quantitative estimate of drug-likeness (QED) is 0.366. The number of amides is 1. The normalized spacial score (nSPS) is 12.8. The number of fused-ring (bicyclic) bond motifs is 2. The van der Waals surface area contributed by atoms with Crippen molar-refractivity contribution in [1.29, 1.82) is 0 Å². The summed E-state index contributed by atoms with van der Waals surface area (Å²) < 4.78 is 16.4. The van der Waals surface area contributed by atoms with Crippen LogP contribution in [0, 0.1) is 0 Å². The average Bonchev–Trinajstić information content (AvgIpc) is 2.88. The molecule has 3 aromatic carbocycles. The summed E-state index contributed by atoms with van der Waals surface area (Å²) in [5.74, 6) is -0.928. The Labute approximate surface area is 208 Å². The summed E-state index contributed by atoms with van der Waals surface area (Å²) in [5, 5.41) is 2.64. The van der Waals surface area contributed by atoms with E-state index in [0.29, 0.717) is 41.5 Å². The zero-order valence-electron chi connectivity index (χ0n) is 20.1. The highest BCUT2D eigenvalue weighted by Gasteiger charge is 2.30. The van der Waals surface area contributed by atoms with Crippen molar-refractivity contribution in [3.63, 3.8) is 0 Å². The van der Waals surface area contributed by atoms with E-state index in [1.54, 1.807) is 30.3 Å². The summed E-state index contributed by atoms with van der Waals surface area (Å²) in [4.78, 5) is 51.0. The van der Waals surface area contributed by atoms with Gasteiger partial charge >= 0.3 is 5.97 Å². The minimum absolute atomic E-state index is 0.207. The predicted molar refractivity (Wildman–Crippen MR) is 132 cm³/mol. The van der Waals surface area contributed by atoms with Gasteiger partial charge in [0.15, 0.2) is 29.2 Å². The van der Waals surface area contributed by atoms with Gasteiger partial charge in [-0.1, -0.05) is 24.3 Å². The molecular formula is C28H25NO7. The van der Waals surface area contributed by atoms with Crippen LogP contribution in [0.25, 0.3) is 0 Å². The first kappa shape index (κ1) is 24.7. The van der Waals surface area contributed by atoms with Gasteiger partial charge in [-0.05, 0) is 57.2 Å². The number of carbonyl (C=O) groups is 4. The Morgan fingerprint density at radius 3 is 2.06 bits per heavy atom. The number of ether oxygens (including phenoxy) is 3. The smallest absolute Gasteiger partial charge is 0.339 e. The molecule has 1 amide bonds. The molecule has 0 radical (unpaired) electrons. The summed E-state index contributed by atoms with van der Waals surface area (Å²) in [7, 11) is 0. The summed E-state index contributed by atoms with van der Waals surface area (Å²) in [6, 6.07) is 15.8. The molecule has 0 spiro atoms. The molecule has 4 rings (SSSR count). The van der Waals surface area contributed by atoms with Crippen LogP contribution in [-0.2, 0) is 9.53 Å². The Morgan fingerprint density at radius 2 is 1.39 bits per heavy atom. The van der Waals surface area contributed by atoms with Crippen LogP contribution in [0.3, 0.4) is 0 Å². The van der Waals surface area contributed by atoms with Gasteiger partial charge in [-0.2, -0.15) is 0 Å². The molecule has 8 heteroatoms. The van der Waals surface area contributed by atoms with Crippen molar-refractivity contribution in [2.24, 2.45) is 0 Å². The number of hydrogen-bond donors (Lipinski definition) is 1. The van der Waals surface area contributed by atoms with Crippen molar-refractivity contribution in [1.82, 2.24) is 0 Å². The molecule has 1 atom stereocenters. The van der Waals surface area contributed by atoms with E-state index in [1.807, 2.05) is 13.8 Å². The average molecular weight is 488 g/mol. The Hall–Kier alpha value is -4.46. The highest BCUT2D eigenvalue weighted by molar-refractivity contribution is 6.28. The molecular weight excluding hydrogens is 462 g/mol. The second-order valence-electron chi connectivity index (χ2n) is 8.03. The summed E-state index contributed by atoms with van der Waals surface area (Å²) in [5.41, 5.74) is 1.67. The van der Waals surface area contributed by atoms with Gasteiger partial charge in [-0.15, -0.1) is 0 Å². The van der Waals surface area contributed by atoms with E-state index in [1.165, 1.54) is 37.3 Å². The summed E-state index contributed by atoms with van der Waals surface area (Å²) >= 11 is 0. The first-order chi connectivity index (χ1) is 17.3. The number of carbonyl (C=O) groups excluding carboxylic acids is 4. The molecule has 1 unspecified atom stereocenters. The standard InChI is InChI=1S/C28H25NO7/c1-4-34-23-13-10-17(14-24(23)35-5-2)28(33)36-16(3)27(32)29-18-11-12-21-22(15-18)26(31)20-9-7-6-8-19(20)25(21)30/h6-16H,4-5H2,1-3H3,(H,29,32). The maximum absolute atomic E-state index is 12.9. The van der Waals surface area contributed by atoms with Crippen molar-refractivity contribution in [3.05, 3.63) is 88.5 Å². The Kier molecular flexibility index (Phi) is 7.15. The fraction of sp³-hybridized carbons (Fsp3) is 0.214. The number of nitrogens with one attached hydrogen (secondary N) is 1. The van der Waals surface area contributed by atoms with Crippen LogP contribution < -0.4 is 14.8 Å². The van der Waals surface area contributed by atoms with Crippen LogP contribution in [0.1, 0.15) is 63.0 Å². The Balaban J connectivity index is 1.46. The molecule has 1 aliphatic carbocycles. The van der Waals surface area contributed by atoms with E-state index >= 15 is 0 Å². The van der Waals surface area contributed by atoms with Gasteiger partial charge in [0.1, 0.15) is 0 Å². The van der Waals surface area contributed by atoms with Crippen LogP contribution >= 0.6 is 0 Å². The van der Waals surface area contributed by atoms with E-state index < -0.39 is 18.0 Å². The fourth-order valence-corrected chi connectivity index (χ4v) is 3.88. The van der Waals surface area contributed by atoms with Crippen molar-refractivity contribution in [2.75, 3.05) is 18.5 Å². The molecule has 1 aliphatic rings. The van der Waals surface area contributed by atoms with Crippen molar-refractivity contribution in [2.45, 2.75) is 26.9 Å². The SMILES string of the molecule is CCOc1ccc(C(=O)OC(C)C(=O)Nc2ccc3c(c2)C(=O)c2ccccc2C3=O)cc1OCC. The highest BCUT2D eigenvalue weighted by Crippen LogP contribution is 2.30. The minimum Gasteiger partial charge on any atom is -0.490 e. The number of benzene rings is 3. The molecule has 184 valence electrons. The van der Waals surface area contributed by atoms with Crippen LogP contribution in [0.5, 0.6) is 11.5 Å². The second-order valence-corrected chi connectivity index (χ2v) is 8.03. The number of hydrogen-bond acceptors (Lipinski definition) is 7. The molecule has 0 fully saturated rings. The van der Waals surface area contributed by atoms with Gasteiger partial charge in [0, 0.05) is 27.9 Å². The summed E-state index contributed by atoms with van der Waals surface area (Å²) in [6.45, 7) is 5.92. The van der Waals surface area contributed by atoms with Gasteiger partial charge < -0.3 is 19.5 Å². The fourth-order valence-electron chi connectivity index (χ4n) is 3.88. The molecule has 3 aromatic rings.